The zero-order chi connectivity index (χ0) is 19.1. The Morgan fingerprint density at radius 2 is 1.58 bits per heavy atom. The van der Waals surface area contributed by atoms with E-state index in [0.717, 1.165) is 6.54 Å². The number of para-hydroxylation sites is 1. The van der Waals surface area contributed by atoms with E-state index in [1.54, 1.807) is 4.90 Å². The Kier molecular flexibility index (Phi) is 4.93. The number of hydrogen-bond donors (Lipinski definition) is 0. The highest BCUT2D eigenvalue weighted by molar-refractivity contribution is 7.80. The molecule has 1 aromatic carbocycles. The number of rotatable bonds is 4. The van der Waals surface area contributed by atoms with Gasteiger partial charge in [0.25, 0.3) is 5.91 Å². The van der Waals surface area contributed by atoms with Gasteiger partial charge in [-0.25, -0.2) is 0 Å². The van der Waals surface area contributed by atoms with E-state index in [-0.39, 0.29) is 11.3 Å². The lowest BCUT2D eigenvalue weighted by Crippen LogP contribution is -2.32. The van der Waals surface area contributed by atoms with Crippen LogP contribution >= 0.6 is 12.2 Å². The van der Waals surface area contributed by atoms with E-state index in [0.29, 0.717) is 23.9 Å². The van der Waals surface area contributed by atoms with E-state index in [4.69, 9.17) is 12.2 Å². The van der Waals surface area contributed by atoms with Crippen molar-refractivity contribution >= 4 is 28.9 Å². The fourth-order valence-electron chi connectivity index (χ4n) is 3.97. The molecule has 2 aliphatic heterocycles. The fourth-order valence-corrected chi connectivity index (χ4v) is 4.41. The molecule has 1 fully saturated rings. The van der Waals surface area contributed by atoms with Crippen LogP contribution in [0, 0.1) is 0 Å². The third-order valence-electron chi connectivity index (χ3n) is 5.36. The van der Waals surface area contributed by atoms with Gasteiger partial charge >= 0.3 is 0 Å². The van der Waals surface area contributed by atoms with Crippen molar-refractivity contribution in [1.82, 2.24) is 9.80 Å². The van der Waals surface area contributed by atoms with Crippen molar-refractivity contribution in [2.75, 3.05) is 24.5 Å². The number of carbonyl (C=O) groups is 1. The molecule has 0 N–H and O–H groups in total. The molecule has 0 aliphatic carbocycles. The zero-order valence-electron chi connectivity index (χ0n) is 16.2. The molecular formula is C21H27N3OS. The fraction of sp³-hybridized carbons (Fsp3) is 0.429. The quantitative estimate of drug-likeness (QED) is 0.591. The highest BCUT2D eigenvalue weighted by Gasteiger charge is 2.40. The zero-order valence-corrected chi connectivity index (χ0v) is 17.1. The molecule has 4 nitrogen and oxygen atoms in total. The van der Waals surface area contributed by atoms with Gasteiger partial charge in [-0.3, -0.25) is 9.69 Å². The predicted molar refractivity (Wildman–Crippen MR) is 111 cm³/mol. The van der Waals surface area contributed by atoms with Crippen molar-refractivity contribution in [1.29, 1.82) is 0 Å². The molecule has 0 saturated carbocycles. The molecule has 0 bridgehead atoms. The van der Waals surface area contributed by atoms with Gasteiger partial charge in [0.1, 0.15) is 5.70 Å². The van der Waals surface area contributed by atoms with Gasteiger partial charge in [0, 0.05) is 36.4 Å². The van der Waals surface area contributed by atoms with Crippen LogP contribution in [-0.4, -0.2) is 40.5 Å². The summed E-state index contributed by atoms with van der Waals surface area (Å²) in [7, 11) is 0. The van der Waals surface area contributed by atoms with Crippen LogP contribution in [0.5, 0.6) is 0 Å². The van der Waals surface area contributed by atoms with Gasteiger partial charge in [0.15, 0.2) is 5.11 Å². The summed E-state index contributed by atoms with van der Waals surface area (Å²) >= 11 is 5.47. The number of hydrogen-bond acceptors (Lipinski definition) is 3. The first kappa shape index (κ1) is 18.6. The molecule has 1 saturated heterocycles. The van der Waals surface area contributed by atoms with Crippen LogP contribution in [0.15, 0.2) is 47.8 Å². The Morgan fingerprint density at radius 3 is 2.19 bits per heavy atom. The van der Waals surface area contributed by atoms with E-state index in [9.17, 15) is 4.79 Å². The molecule has 2 aliphatic rings. The Hall–Kier alpha value is -2.14. The maximum atomic E-state index is 12.7. The molecule has 1 amide bonds. The van der Waals surface area contributed by atoms with Crippen LogP contribution in [0.2, 0.25) is 0 Å². The molecule has 0 spiro atoms. The SMILES string of the molecule is CCN1C(=O)/C(=C\C=C2\N(CC)c3ccccc3C2(C)C)N(CC)C1=S. The summed E-state index contributed by atoms with van der Waals surface area (Å²) in [5.41, 5.74) is 4.34. The second kappa shape index (κ2) is 6.88. The topological polar surface area (TPSA) is 26.8 Å². The van der Waals surface area contributed by atoms with Gasteiger partial charge in [-0.15, -0.1) is 0 Å². The maximum Gasteiger partial charge on any atom is 0.276 e. The minimum absolute atomic E-state index is 0.00688. The average molecular weight is 370 g/mol. The van der Waals surface area contributed by atoms with Crippen LogP contribution in [-0.2, 0) is 10.2 Å². The van der Waals surface area contributed by atoms with E-state index >= 15 is 0 Å². The van der Waals surface area contributed by atoms with Gasteiger partial charge in [0.2, 0.25) is 0 Å². The van der Waals surface area contributed by atoms with Gasteiger partial charge < -0.3 is 9.80 Å². The lowest BCUT2D eigenvalue weighted by molar-refractivity contribution is -0.122. The Bertz CT molecular complexity index is 809. The molecule has 0 unspecified atom stereocenters. The Balaban J connectivity index is 2.06. The van der Waals surface area contributed by atoms with E-state index in [2.05, 4.69) is 56.0 Å². The normalized spacial score (nSPS) is 22.1. The highest BCUT2D eigenvalue weighted by Crippen LogP contribution is 2.47. The number of thiocarbonyl (C=S) groups is 1. The van der Waals surface area contributed by atoms with Crippen LogP contribution < -0.4 is 4.90 Å². The number of fused-ring (bicyclic) bond motifs is 1. The molecule has 138 valence electrons. The Labute approximate surface area is 161 Å². The van der Waals surface area contributed by atoms with E-state index in [1.807, 2.05) is 24.8 Å². The first-order valence-corrected chi connectivity index (χ1v) is 9.72. The number of likely N-dealkylation sites (N-methyl/N-ethyl adjacent to an activating group) is 3. The smallest absolute Gasteiger partial charge is 0.276 e. The lowest BCUT2D eigenvalue weighted by Gasteiger charge is -2.26. The third-order valence-corrected chi connectivity index (χ3v) is 5.80. The summed E-state index contributed by atoms with van der Waals surface area (Å²) in [5.74, 6) is -0.00688. The van der Waals surface area contributed by atoms with E-state index < -0.39 is 0 Å². The molecule has 26 heavy (non-hydrogen) atoms. The third kappa shape index (κ3) is 2.65. The number of anilines is 1. The lowest BCUT2D eigenvalue weighted by atomic mass is 9.83. The number of allylic oxidation sites excluding steroid dienone is 3. The first-order chi connectivity index (χ1) is 12.4. The second-order valence-corrected chi connectivity index (χ2v) is 7.43. The molecule has 1 aromatic rings. The van der Waals surface area contributed by atoms with Crippen LogP contribution in [0.25, 0.3) is 0 Å². The monoisotopic (exact) mass is 369 g/mol. The number of carbonyl (C=O) groups excluding carboxylic acids is 1. The van der Waals surface area contributed by atoms with Crippen molar-refractivity contribution in [3.05, 3.63) is 53.4 Å². The molecule has 0 aromatic heterocycles. The Morgan fingerprint density at radius 1 is 0.962 bits per heavy atom. The number of amides is 1. The van der Waals surface area contributed by atoms with Crippen molar-refractivity contribution in [2.45, 2.75) is 40.0 Å². The summed E-state index contributed by atoms with van der Waals surface area (Å²) in [6, 6.07) is 8.53. The molecule has 5 heteroatoms. The molecule has 0 atom stereocenters. The van der Waals surface area contributed by atoms with Gasteiger partial charge in [-0.2, -0.15) is 0 Å². The van der Waals surface area contributed by atoms with Crippen molar-refractivity contribution in [2.24, 2.45) is 0 Å². The minimum atomic E-state index is -0.104. The van der Waals surface area contributed by atoms with Crippen molar-refractivity contribution in [3.8, 4) is 0 Å². The average Bonchev–Trinajstić information content (AvgIpc) is 2.99. The van der Waals surface area contributed by atoms with Crippen LogP contribution in [0.4, 0.5) is 5.69 Å². The molecule has 0 radical (unpaired) electrons. The summed E-state index contributed by atoms with van der Waals surface area (Å²) < 4.78 is 0. The van der Waals surface area contributed by atoms with Gasteiger partial charge in [0.05, 0.1) is 0 Å². The van der Waals surface area contributed by atoms with Gasteiger partial charge in [-0.05, 0) is 56.8 Å². The van der Waals surface area contributed by atoms with Crippen molar-refractivity contribution < 1.29 is 4.79 Å². The molecule has 3 rings (SSSR count). The van der Waals surface area contributed by atoms with Gasteiger partial charge in [-0.1, -0.05) is 32.0 Å². The first-order valence-electron chi connectivity index (χ1n) is 9.31. The van der Waals surface area contributed by atoms with Crippen LogP contribution in [0.3, 0.4) is 0 Å². The summed E-state index contributed by atoms with van der Waals surface area (Å²) in [4.78, 5) is 18.7. The summed E-state index contributed by atoms with van der Waals surface area (Å²) in [6.07, 6.45) is 4.04. The second-order valence-electron chi connectivity index (χ2n) is 7.07. The molecular weight excluding hydrogens is 342 g/mol. The maximum absolute atomic E-state index is 12.7. The predicted octanol–water partition coefficient (Wildman–Crippen LogP) is 4.04. The minimum Gasteiger partial charge on any atom is -0.344 e. The standard InChI is InChI=1S/C21H27N3OS/c1-6-22-16-12-10-9-11-15(16)21(4,5)18(22)14-13-17-19(25)24(8-3)20(26)23(17)7-2/h9-14H,6-8H2,1-5H3/b17-13+,18-14+. The number of benzene rings is 1. The summed E-state index contributed by atoms with van der Waals surface area (Å²) in [6.45, 7) is 12.8. The largest absolute Gasteiger partial charge is 0.344 e. The highest BCUT2D eigenvalue weighted by atomic mass is 32.1. The van der Waals surface area contributed by atoms with Crippen molar-refractivity contribution in [3.63, 3.8) is 0 Å². The summed E-state index contributed by atoms with van der Waals surface area (Å²) in [5, 5.41) is 0.603. The van der Waals surface area contributed by atoms with E-state index in [1.165, 1.54) is 16.9 Å². The van der Waals surface area contributed by atoms with Crippen LogP contribution in [0.1, 0.15) is 40.2 Å². The molecule has 2 heterocycles. The number of nitrogens with zero attached hydrogens (tertiary/aromatic N) is 3.